The topological polar surface area (TPSA) is 115 Å². The van der Waals surface area contributed by atoms with E-state index in [4.69, 9.17) is 15.2 Å². The van der Waals surface area contributed by atoms with Gasteiger partial charge in [0.2, 0.25) is 5.91 Å². The molecule has 2 N–H and O–H groups in total. The second-order valence-corrected chi connectivity index (χ2v) is 6.41. The number of nitrogens with zero attached hydrogens (tertiary/aromatic N) is 2. The van der Waals surface area contributed by atoms with Crippen molar-refractivity contribution in [1.82, 2.24) is 4.98 Å². The number of methoxy groups -OCH3 is 1. The molecule has 0 spiro atoms. The number of hydrogen-bond acceptors (Lipinski definition) is 7. The molecule has 0 aliphatic rings. The Balaban J connectivity index is 2.74. The molecular formula is C19H19N3O4S. The monoisotopic (exact) mass is 385 g/mol. The van der Waals surface area contributed by atoms with Gasteiger partial charge in [-0.25, -0.2) is 9.78 Å². The first kappa shape index (κ1) is 20.3. The second kappa shape index (κ2) is 9.05. The van der Waals surface area contributed by atoms with Crippen molar-refractivity contribution in [2.24, 2.45) is 5.73 Å². The molecule has 2 rings (SSSR count). The maximum absolute atomic E-state index is 12.6. The quantitative estimate of drug-likeness (QED) is 0.575. The minimum absolute atomic E-state index is 0.0259. The van der Waals surface area contributed by atoms with Gasteiger partial charge in [-0.15, -0.1) is 0 Å². The fourth-order valence-electron chi connectivity index (χ4n) is 2.52. The summed E-state index contributed by atoms with van der Waals surface area (Å²) in [5, 5.41) is 10.1. The number of nitriles is 1. The lowest BCUT2D eigenvalue weighted by atomic mass is 9.95. The van der Waals surface area contributed by atoms with E-state index >= 15 is 0 Å². The number of carbonyl (C=O) groups is 2. The Morgan fingerprint density at radius 3 is 2.48 bits per heavy atom. The van der Waals surface area contributed by atoms with Crippen LogP contribution in [0.1, 0.15) is 28.5 Å². The maximum atomic E-state index is 12.6. The zero-order valence-corrected chi connectivity index (χ0v) is 16.1. The van der Waals surface area contributed by atoms with Crippen LogP contribution in [0.3, 0.4) is 0 Å². The molecule has 0 atom stereocenters. The summed E-state index contributed by atoms with van der Waals surface area (Å²) in [6.45, 7) is 3.56. The third-order valence-corrected chi connectivity index (χ3v) is 4.66. The van der Waals surface area contributed by atoms with E-state index < -0.39 is 11.9 Å². The molecule has 27 heavy (non-hydrogen) atoms. The number of hydrogen-bond donors (Lipinski definition) is 1. The number of ether oxygens (including phenoxy) is 2. The number of nitrogens with two attached hydrogens (primary N) is 1. The SMILES string of the molecule is CCOC(=O)c1c(C)nc(SCC(N)=O)c(C#N)c1-c1ccc(OC)cc1. The van der Waals surface area contributed by atoms with Crippen molar-refractivity contribution in [3.63, 3.8) is 0 Å². The van der Waals surface area contributed by atoms with Crippen LogP contribution in [-0.2, 0) is 9.53 Å². The number of aromatic nitrogens is 1. The van der Waals surface area contributed by atoms with E-state index in [1.54, 1.807) is 45.2 Å². The van der Waals surface area contributed by atoms with E-state index in [1.807, 2.05) is 0 Å². The molecule has 0 saturated heterocycles. The van der Waals surface area contributed by atoms with Gasteiger partial charge < -0.3 is 15.2 Å². The van der Waals surface area contributed by atoms with Crippen molar-refractivity contribution in [2.75, 3.05) is 19.5 Å². The number of benzene rings is 1. The molecule has 0 radical (unpaired) electrons. The standard InChI is InChI=1S/C19H19N3O4S/c1-4-26-19(24)16-11(2)22-18(27-10-15(21)23)14(9-20)17(16)12-5-7-13(25-3)8-6-12/h5-8H,4,10H2,1-3H3,(H2,21,23). The van der Waals surface area contributed by atoms with E-state index in [0.717, 1.165) is 11.8 Å². The maximum Gasteiger partial charge on any atom is 0.340 e. The zero-order valence-electron chi connectivity index (χ0n) is 15.2. The van der Waals surface area contributed by atoms with Crippen LogP contribution in [0.4, 0.5) is 0 Å². The predicted molar refractivity (Wildman–Crippen MR) is 102 cm³/mol. The van der Waals surface area contributed by atoms with Gasteiger partial charge in [0.05, 0.1) is 36.3 Å². The Morgan fingerprint density at radius 1 is 1.30 bits per heavy atom. The summed E-state index contributed by atoms with van der Waals surface area (Å²) in [5.74, 6) is -0.466. The summed E-state index contributed by atoms with van der Waals surface area (Å²) in [7, 11) is 1.55. The van der Waals surface area contributed by atoms with Gasteiger partial charge >= 0.3 is 5.97 Å². The molecule has 0 unspecified atom stereocenters. The molecule has 140 valence electrons. The molecule has 0 fully saturated rings. The fraction of sp³-hybridized carbons (Fsp3) is 0.263. The van der Waals surface area contributed by atoms with Crippen LogP contribution < -0.4 is 10.5 Å². The number of rotatable bonds is 7. The van der Waals surface area contributed by atoms with Crippen molar-refractivity contribution < 1.29 is 19.1 Å². The predicted octanol–water partition coefficient (Wildman–Crippen LogP) is 2.69. The number of amides is 1. The first-order valence-electron chi connectivity index (χ1n) is 8.10. The highest BCUT2D eigenvalue weighted by molar-refractivity contribution is 8.00. The fourth-order valence-corrected chi connectivity index (χ4v) is 3.30. The second-order valence-electron chi connectivity index (χ2n) is 5.44. The van der Waals surface area contributed by atoms with Crippen LogP contribution in [0.25, 0.3) is 11.1 Å². The Labute approximate surface area is 161 Å². The average molecular weight is 385 g/mol. The van der Waals surface area contributed by atoms with Crippen molar-refractivity contribution in [3.8, 4) is 22.9 Å². The Kier molecular flexibility index (Phi) is 6.79. The van der Waals surface area contributed by atoms with Crippen LogP contribution in [-0.4, -0.2) is 36.3 Å². The summed E-state index contributed by atoms with van der Waals surface area (Å²) < 4.78 is 10.3. The van der Waals surface area contributed by atoms with E-state index in [1.165, 1.54) is 0 Å². The average Bonchev–Trinajstić information content (AvgIpc) is 2.65. The third-order valence-electron chi connectivity index (χ3n) is 3.67. The molecule has 8 heteroatoms. The van der Waals surface area contributed by atoms with E-state index in [0.29, 0.717) is 27.6 Å². The van der Waals surface area contributed by atoms with Gasteiger partial charge in [-0.2, -0.15) is 5.26 Å². The molecule has 0 aliphatic carbocycles. The van der Waals surface area contributed by atoms with Crippen molar-refractivity contribution >= 4 is 23.6 Å². The first-order valence-corrected chi connectivity index (χ1v) is 9.08. The van der Waals surface area contributed by atoms with Crippen LogP contribution in [0.15, 0.2) is 29.3 Å². The van der Waals surface area contributed by atoms with Gasteiger partial charge in [-0.3, -0.25) is 4.79 Å². The molecule has 1 amide bonds. The van der Waals surface area contributed by atoms with Gasteiger partial charge in [0, 0.05) is 5.56 Å². The van der Waals surface area contributed by atoms with Crippen molar-refractivity contribution in [3.05, 3.63) is 41.1 Å². The van der Waals surface area contributed by atoms with E-state index in [-0.39, 0.29) is 23.5 Å². The largest absolute Gasteiger partial charge is 0.497 e. The highest BCUT2D eigenvalue weighted by atomic mass is 32.2. The van der Waals surface area contributed by atoms with E-state index in [2.05, 4.69) is 11.1 Å². The lowest BCUT2D eigenvalue weighted by Gasteiger charge is -2.16. The summed E-state index contributed by atoms with van der Waals surface area (Å²) in [5.41, 5.74) is 7.09. The Morgan fingerprint density at radius 2 is 1.96 bits per heavy atom. The van der Waals surface area contributed by atoms with Gasteiger partial charge in [0.15, 0.2) is 0 Å². The van der Waals surface area contributed by atoms with Crippen LogP contribution in [0.5, 0.6) is 5.75 Å². The van der Waals surface area contributed by atoms with Crippen LogP contribution >= 0.6 is 11.8 Å². The van der Waals surface area contributed by atoms with E-state index in [9.17, 15) is 14.9 Å². The smallest absolute Gasteiger partial charge is 0.340 e. The lowest BCUT2D eigenvalue weighted by molar-refractivity contribution is -0.115. The third kappa shape index (κ3) is 4.57. The van der Waals surface area contributed by atoms with Gasteiger partial charge in [-0.1, -0.05) is 23.9 Å². The molecule has 7 nitrogen and oxygen atoms in total. The molecule has 2 aromatic rings. The number of thioether (sulfide) groups is 1. The number of pyridine rings is 1. The normalized spacial score (nSPS) is 10.1. The molecule has 0 bridgehead atoms. The van der Waals surface area contributed by atoms with Gasteiger partial charge in [-0.05, 0) is 31.5 Å². The number of esters is 1. The van der Waals surface area contributed by atoms with Gasteiger partial charge in [0.1, 0.15) is 16.8 Å². The first-order chi connectivity index (χ1) is 12.9. The summed E-state index contributed by atoms with van der Waals surface area (Å²) in [6, 6.07) is 9.07. The molecule has 0 saturated carbocycles. The van der Waals surface area contributed by atoms with Crippen molar-refractivity contribution in [1.29, 1.82) is 5.26 Å². The Hall–Kier alpha value is -3.05. The van der Waals surface area contributed by atoms with Crippen LogP contribution in [0.2, 0.25) is 0 Å². The van der Waals surface area contributed by atoms with Crippen LogP contribution in [0, 0.1) is 18.3 Å². The van der Waals surface area contributed by atoms with Gasteiger partial charge in [0.25, 0.3) is 0 Å². The minimum atomic E-state index is -0.559. The number of carbonyl (C=O) groups excluding carboxylic acids is 2. The Bertz CT molecular complexity index is 905. The summed E-state index contributed by atoms with van der Waals surface area (Å²) >= 11 is 1.06. The molecule has 0 aliphatic heterocycles. The highest BCUT2D eigenvalue weighted by Crippen LogP contribution is 2.35. The highest BCUT2D eigenvalue weighted by Gasteiger charge is 2.25. The molecule has 1 aromatic carbocycles. The molecule has 1 aromatic heterocycles. The summed E-state index contributed by atoms with van der Waals surface area (Å²) in [4.78, 5) is 28.0. The number of aryl methyl sites for hydroxylation is 1. The number of primary amides is 1. The van der Waals surface area contributed by atoms with Crippen molar-refractivity contribution in [2.45, 2.75) is 18.9 Å². The lowest BCUT2D eigenvalue weighted by Crippen LogP contribution is -2.15. The summed E-state index contributed by atoms with van der Waals surface area (Å²) in [6.07, 6.45) is 0. The molecular weight excluding hydrogens is 366 g/mol. The molecule has 1 heterocycles. The zero-order chi connectivity index (χ0) is 20.0. The minimum Gasteiger partial charge on any atom is -0.497 e.